The van der Waals surface area contributed by atoms with E-state index in [1.165, 1.54) is 18.2 Å². The number of Topliss-reactive ketones (excluding diaryl/α,β-unsaturated/α-hetero) is 2. The Bertz CT molecular complexity index is 1560. The van der Waals surface area contributed by atoms with Gasteiger partial charge in [0.25, 0.3) is 0 Å². The number of benzene rings is 1. The third-order valence-electron chi connectivity index (χ3n) is 11.5. The minimum absolute atomic E-state index is 0.0119. The summed E-state index contributed by atoms with van der Waals surface area (Å²) in [4.78, 5) is 76.1. The average molecular weight is 670 g/mol. The molecule has 3 saturated carbocycles. The van der Waals surface area contributed by atoms with Crippen LogP contribution in [0.5, 0.6) is 0 Å². The smallest absolute Gasteiger partial charge is 0.329 e. The molecule has 1 aromatic rings. The van der Waals surface area contributed by atoms with Crippen molar-refractivity contribution in [3.63, 3.8) is 0 Å². The molecule has 0 aromatic heterocycles. The van der Waals surface area contributed by atoms with Gasteiger partial charge in [-0.15, -0.1) is 0 Å². The molecule has 5 rings (SSSR count). The Morgan fingerprint density at radius 1 is 1.10 bits per heavy atom. The predicted molar refractivity (Wildman–Crippen MR) is 166 cm³/mol. The number of fused-ring (bicyclic) bond motifs is 5. The van der Waals surface area contributed by atoms with Gasteiger partial charge in [-0.25, -0.2) is 4.79 Å². The fraction of sp³-hybridized carbons (Fsp3) is 0.588. The molecule has 1 aromatic carbocycles. The van der Waals surface area contributed by atoms with Crippen molar-refractivity contribution in [3.8, 4) is 0 Å². The normalized spacial score (nSPS) is 32.1. The van der Waals surface area contributed by atoms with Crippen LogP contribution in [0.4, 0.5) is 5.69 Å². The SMILES string of the molecule is C[C@]12CCC(=O)C=C1CCC1C2C(=O)C[C@@]2(C)C1CC[C@]2(O)C(=O)COC(=O)CCC(=O)NC(C(=O)O)C(O)c1cccc(N([O-])O)c1. The molecule has 4 aliphatic rings. The number of amides is 1. The van der Waals surface area contributed by atoms with Gasteiger partial charge in [-0.2, -0.15) is 0 Å². The fourth-order valence-corrected chi connectivity index (χ4v) is 8.94. The Morgan fingerprint density at radius 3 is 2.52 bits per heavy atom. The number of nitrogens with zero attached hydrogens (tertiary/aromatic N) is 1. The van der Waals surface area contributed by atoms with Gasteiger partial charge >= 0.3 is 11.9 Å². The number of aliphatic carboxylic acids is 1. The van der Waals surface area contributed by atoms with Crippen LogP contribution in [-0.2, 0) is 33.5 Å². The van der Waals surface area contributed by atoms with Crippen molar-refractivity contribution in [2.75, 3.05) is 11.8 Å². The van der Waals surface area contributed by atoms with Crippen molar-refractivity contribution in [1.29, 1.82) is 0 Å². The number of aliphatic hydroxyl groups excluding tert-OH is 1. The number of carbonyl (C=O) groups is 6. The molecule has 0 aliphatic heterocycles. The Hall–Kier alpha value is -3.98. The molecule has 1 amide bonds. The summed E-state index contributed by atoms with van der Waals surface area (Å²) in [5, 5.41) is 53.7. The highest BCUT2D eigenvalue weighted by Gasteiger charge is 2.68. The molecule has 0 radical (unpaired) electrons. The van der Waals surface area contributed by atoms with Crippen molar-refractivity contribution < 1.29 is 54.0 Å². The van der Waals surface area contributed by atoms with Gasteiger partial charge in [-0.3, -0.25) is 29.2 Å². The highest BCUT2D eigenvalue weighted by Crippen LogP contribution is 2.66. The van der Waals surface area contributed by atoms with Crippen LogP contribution in [0.15, 0.2) is 35.9 Å². The zero-order valence-electron chi connectivity index (χ0n) is 26.8. The first-order chi connectivity index (χ1) is 22.5. The van der Waals surface area contributed by atoms with Crippen molar-refractivity contribution >= 4 is 40.9 Å². The zero-order chi connectivity index (χ0) is 35.2. The number of nitrogens with one attached hydrogen (secondary N) is 1. The van der Waals surface area contributed by atoms with Crippen molar-refractivity contribution in [2.45, 2.75) is 89.4 Å². The second kappa shape index (κ2) is 13.1. The molecule has 0 bridgehead atoms. The minimum Gasteiger partial charge on any atom is -0.733 e. The molecule has 14 heteroatoms. The molecular weight excluding hydrogens is 628 g/mol. The van der Waals surface area contributed by atoms with Crippen LogP contribution in [0.1, 0.15) is 83.3 Å². The predicted octanol–water partition coefficient (Wildman–Crippen LogP) is 2.32. The number of aliphatic hydroxyl groups is 2. The summed E-state index contributed by atoms with van der Waals surface area (Å²) in [7, 11) is 0. The third-order valence-corrected chi connectivity index (χ3v) is 11.5. The summed E-state index contributed by atoms with van der Waals surface area (Å²) in [6, 6.07) is 2.98. The summed E-state index contributed by atoms with van der Waals surface area (Å²) in [5.74, 6) is -4.63. The van der Waals surface area contributed by atoms with Gasteiger partial charge in [0.05, 0.1) is 12.1 Å². The summed E-state index contributed by atoms with van der Waals surface area (Å²) in [6.45, 7) is 3.03. The van der Waals surface area contributed by atoms with Crippen LogP contribution >= 0.6 is 0 Å². The molecule has 260 valence electrons. The number of allylic oxidation sites excluding steroid dienone is 1. The molecule has 0 spiro atoms. The Morgan fingerprint density at radius 2 is 1.83 bits per heavy atom. The maximum absolute atomic E-state index is 13.8. The molecule has 48 heavy (non-hydrogen) atoms. The van der Waals surface area contributed by atoms with E-state index in [0.717, 1.165) is 11.6 Å². The van der Waals surface area contributed by atoms with Crippen LogP contribution in [-0.4, -0.2) is 74.0 Å². The first kappa shape index (κ1) is 35.3. The number of carboxylic acid groups (broad SMARTS) is 1. The number of rotatable bonds is 11. The summed E-state index contributed by atoms with van der Waals surface area (Å²) in [6.07, 6.45) is 1.77. The Labute approximate surface area is 276 Å². The number of hydrogen-bond acceptors (Lipinski definition) is 12. The molecule has 0 saturated heterocycles. The average Bonchev–Trinajstić information content (AvgIpc) is 3.31. The van der Waals surface area contributed by atoms with Crippen LogP contribution in [0, 0.1) is 33.8 Å². The third kappa shape index (κ3) is 6.17. The topological polar surface area (TPSA) is 231 Å². The van der Waals surface area contributed by atoms with Crippen molar-refractivity contribution in [3.05, 3.63) is 46.7 Å². The van der Waals surface area contributed by atoms with Crippen LogP contribution in [0.25, 0.3) is 0 Å². The fourth-order valence-electron chi connectivity index (χ4n) is 8.94. The quantitative estimate of drug-likeness (QED) is 0.168. The van der Waals surface area contributed by atoms with Crippen LogP contribution < -0.4 is 10.5 Å². The standard InChI is InChI=1S/C34H41N2O12/c1-32-12-10-21(37)15-19(32)6-7-22-23-11-13-34(45,33(23,2)16-24(38)28(22)32)25(39)17-48-27(41)9-8-26(40)35-29(31(43)44)30(42)18-4-3-5-20(14-18)36(46)47/h3-5,14-15,22-23,28-30,42,45-46H,6-13,16-17H2,1-2H3,(H,35,40)(H,43,44)/q-1/t22?,23?,28?,29?,30?,32-,33-,34-/m0/s1. The number of anilines is 1. The van der Waals surface area contributed by atoms with E-state index in [0.29, 0.717) is 32.1 Å². The lowest BCUT2D eigenvalue weighted by Crippen LogP contribution is -2.61. The number of ether oxygens (including phenoxy) is 1. The Balaban J connectivity index is 1.16. The molecule has 8 atom stereocenters. The zero-order valence-corrected chi connectivity index (χ0v) is 26.8. The number of carbonyl (C=O) groups excluding carboxylic acids is 5. The summed E-state index contributed by atoms with van der Waals surface area (Å²) >= 11 is 0. The van der Waals surface area contributed by atoms with Gasteiger partial charge in [0.2, 0.25) is 11.7 Å². The van der Waals surface area contributed by atoms with Crippen molar-refractivity contribution in [2.24, 2.45) is 28.6 Å². The van der Waals surface area contributed by atoms with E-state index >= 15 is 0 Å². The highest BCUT2D eigenvalue weighted by molar-refractivity contribution is 5.95. The molecule has 5 N–H and O–H groups in total. The van der Waals surface area contributed by atoms with Crippen LogP contribution in [0.2, 0.25) is 0 Å². The van der Waals surface area contributed by atoms with E-state index in [4.69, 9.17) is 9.94 Å². The lowest BCUT2D eigenvalue weighted by Gasteiger charge is -2.57. The maximum atomic E-state index is 13.8. The summed E-state index contributed by atoms with van der Waals surface area (Å²) < 4.78 is 5.12. The Kier molecular flexibility index (Phi) is 9.67. The number of carboxylic acids is 1. The van der Waals surface area contributed by atoms with E-state index in [2.05, 4.69) is 12.2 Å². The van der Waals surface area contributed by atoms with E-state index in [9.17, 15) is 49.3 Å². The molecule has 3 fully saturated rings. The molecule has 14 nitrogen and oxygen atoms in total. The largest absolute Gasteiger partial charge is 0.733 e. The first-order valence-electron chi connectivity index (χ1n) is 16.2. The van der Waals surface area contributed by atoms with E-state index < -0.39 is 76.9 Å². The van der Waals surface area contributed by atoms with Gasteiger partial charge in [-0.1, -0.05) is 31.6 Å². The number of esters is 1. The highest BCUT2D eigenvalue weighted by atomic mass is 16.8. The molecular formula is C34H41N2O12-. The van der Waals surface area contributed by atoms with Gasteiger partial charge in [-0.05, 0) is 73.1 Å². The molecule has 5 unspecified atom stereocenters. The first-order valence-corrected chi connectivity index (χ1v) is 16.2. The lowest BCUT2D eigenvalue weighted by molar-refractivity contribution is -0.173. The minimum atomic E-state index is -1.91. The summed E-state index contributed by atoms with van der Waals surface area (Å²) in [5.41, 5.74) is -2.73. The number of ketones is 3. The molecule has 4 aliphatic carbocycles. The second-order valence-electron chi connectivity index (χ2n) is 14.1. The van der Waals surface area contributed by atoms with Gasteiger partial charge < -0.3 is 35.8 Å². The van der Waals surface area contributed by atoms with E-state index in [-0.39, 0.29) is 53.4 Å². The van der Waals surface area contributed by atoms with Gasteiger partial charge in [0, 0.05) is 30.6 Å². The molecule has 0 heterocycles. The van der Waals surface area contributed by atoms with Crippen molar-refractivity contribution in [1.82, 2.24) is 5.32 Å². The lowest BCUT2D eigenvalue weighted by atomic mass is 9.46. The van der Waals surface area contributed by atoms with Gasteiger partial charge in [0.1, 0.15) is 17.5 Å². The van der Waals surface area contributed by atoms with E-state index in [1.807, 2.05) is 0 Å². The van der Waals surface area contributed by atoms with Gasteiger partial charge in [0.15, 0.2) is 18.4 Å². The number of hydrogen-bond donors (Lipinski definition) is 5. The van der Waals surface area contributed by atoms with E-state index in [1.54, 1.807) is 13.0 Å². The second-order valence-corrected chi connectivity index (χ2v) is 14.1. The monoisotopic (exact) mass is 669 g/mol. The van der Waals surface area contributed by atoms with Crippen LogP contribution in [0.3, 0.4) is 0 Å². The maximum Gasteiger partial charge on any atom is 0.329 e.